The molecular weight excluding hydrogens is 204 g/mol. The molecular formula is C11H18N4O. The van der Waals surface area contributed by atoms with Crippen molar-refractivity contribution in [3.63, 3.8) is 0 Å². The molecule has 5 nitrogen and oxygen atoms in total. The van der Waals surface area contributed by atoms with Gasteiger partial charge in [-0.3, -0.25) is 4.90 Å². The number of β-amino-alcohol motifs (C(OH)–C–C–N with tert-alkyl or cyclic N) is 1. The van der Waals surface area contributed by atoms with Crippen LogP contribution >= 0.6 is 0 Å². The molecule has 0 aromatic carbocycles. The van der Waals surface area contributed by atoms with Crippen molar-refractivity contribution in [2.45, 2.75) is 0 Å². The van der Waals surface area contributed by atoms with Gasteiger partial charge in [0, 0.05) is 50.7 Å². The van der Waals surface area contributed by atoms with Gasteiger partial charge in [0.05, 0.1) is 6.61 Å². The van der Waals surface area contributed by atoms with E-state index in [4.69, 9.17) is 10.8 Å². The van der Waals surface area contributed by atoms with Crippen molar-refractivity contribution in [1.29, 1.82) is 0 Å². The van der Waals surface area contributed by atoms with E-state index in [9.17, 15) is 0 Å². The minimum atomic E-state index is 0.238. The van der Waals surface area contributed by atoms with E-state index in [1.807, 2.05) is 12.1 Å². The molecule has 0 unspecified atom stereocenters. The van der Waals surface area contributed by atoms with Gasteiger partial charge in [-0.2, -0.15) is 0 Å². The van der Waals surface area contributed by atoms with Gasteiger partial charge in [0.1, 0.15) is 5.82 Å². The Morgan fingerprint density at radius 3 is 2.69 bits per heavy atom. The molecule has 3 N–H and O–H groups in total. The van der Waals surface area contributed by atoms with E-state index in [1.165, 1.54) is 0 Å². The van der Waals surface area contributed by atoms with Crippen LogP contribution in [-0.2, 0) is 0 Å². The highest BCUT2D eigenvalue weighted by molar-refractivity contribution is 5.52. The third-order valence-electron chi connectivity index (χ3n) is 2.92. The van der Waals surface area contributed by atoms with Crippen molar-refractivity contribution in [3.05, 3.63) is 18.3 Å². The van der Waals surface area contributed by atoms with Crippen LogP contribution in [0, 0.1) is 0 Å². The first-order valence-electron chi connectivity index (χ1n) is 5.59. The Labute approximate surface area is 95.5 Å². The van der Waals surface area contributed by atoms with Gasteiger partial charge >= 0.3 is 0 Å². The van der Waals surface area contributed by atoms with Crippen molar-refractivity contribution < 1.29 is 5.11 Å². The molecule has 0 saturated carbocycles. The highest BCUT2D eigenvalue weighted by atomic mass is 16.3. The standard InChI is InChI=1S/C11H18N4O/c12-11-9-10(1-2-13-11)15-5-3-14(4-6-15)7-8-16/h1-2,9,16H,3-8H2,(H2,12,13). The average Bonchev–Trinajstić information content (AvgIpc) is 2.30. The summed E-state index contributed by atoms with van der Waals surface area (Å²) in [7, 11) is 0. The number of pyridine rings is 1. The highest BCUT2D eigenvalue weighted by Crippen LogP contribution is 2.17. The van der Waals surface area contributed by atoms with Gasteiger partial charge in [-0.25, -0.2) is 4.98 Å². The number of anilines is 2. The largest absolute Gasteiger partial charge is 0.395 e. The summed E-state index contributed by atoms with van der Waals surface area (Å²) < 4.78 is 0. The predicted octanol–water partition coefficient (Wildman–Crippen LogP) is -0.222. The molecule has 1 aromatic heterocycles. The van der Waals surface area contributed by atoms with Crippen molar-refractivity contribution >= 4 is 11.5 Å². The van der Waals surface area contributed by atoms with Crippen LogP contribution in [0.2, 0.25) is 0 Å². The molecule has 1 aromatic rings. The lowest BCUT2D eigenvalue weighted by Crippen LogP contribution is -2.47. The van der Waals surface area contributed by atoms with Crippen LogP contribution < -0.4 is 10.6 Å². The lowest BCUT2D eigenvalue weighted by Gasteiger charge is -2.35. The van der Waals surface area contributed by atoms with Crippen LogP contribution in [-0.4, -0.2) is 54.3 Å². The fourth-order valence-corrected chi connectivity index (χ4v) is 2.00. The first kappa shape index (κ1) is 11.2. The monoisotopic (exact) mass is 222 g/mol. The number of hydrogen-bond donors (Lipinski definition) is 2. The van der Waals surface area contributed by atoms with Crippen molar-refractivity contribution in [1.82, 2.24) is 9.88 Å². The first-order chi connectivity index (χ1) is 7.79. The van der Waals surface area contributed by atoms with Gasteiger partial charge < -0.3 is 15.7 Å². The van der Waals surface area contributed by atoms with Gasteiger partial charge in [-0.15, -0.1) is 0 Å². The summed E-state index contributed by atoms with van der Waals surface area (Å²) in [5, 5.41) is 8.86. The Balaban J connectivity index is 1.94. The van der Waals surface area contributed by atoms with Crippen molar-refractivity contribution in [2.24, 2.45) is 0 Å². The van der Waals surface area contributed by atoms with E-state index in [2.05, 4.69) is 14.8 Å². The number of aliphatic hydroxyl groups excluding tert-OH is 1. The molecule has 88 valence electrons. The number of nitrogen functional groups attached to an aromatic ring is 1. The van der Waals surface area contributed by atoms with Gasteiger partial charge in [-0.1, -0.05) is 0 Å². The summed E-state index contributed by atoms with van der Waals surface area (Å²) in [5.41, 5.74) is 6.79. The topological polar surface area (TPSA) is 65.6 Å². The van der Waals surface area contributed by atoms with Gasteiger partial charge in [0.25, 0.3) is 0 Å². The normalized spacial score (nSPS) is 17.7. The molecule has 1 aliphatic rings. The van der Waals surface area contributed by atoms with Crippen LogP contribution in [0.5, 0.6) is 0 Å². The smallest absolute Gasteiger partial charge is 0.125 e. The molecule has 0 amide bonds. The molecule has 1 aliphatic heterocycles. The van der Waals surface area contributed by atoms with Crippen LogP contribution in [0.4, 0.5) is 11.5 Å². The summed E-state index contributed by atoms with van der Waals surface area (Å²) in [6.45, 7) is 4.94. The molecule has 0 bridgehead atoms. The van der Waals surface area contributed by atoms with Crippen LogP contribution in [0.15, 0.2) is 18.3 Å². The van der Waals surface area contributed by atoms with Crippen LogP contribution in [0.1, 0.15) is 0 Å². The summed E-state index contributed by atoms with van der Waals surface area (Å²) >= 11 is 0. The molecule has 1 saturated heterocycles. The zero-order valence-electron chi connectivity index (χ0n) is 9.34. The van der Waals surface area contributed by atoms with Crippen molar-refractivity contribution in [2.75, 3.05) is 50.0 Å². The summed E-state index contributed by atoms with van der Waals surface area (Å²) in [6, 6.07) is 3.89. The van der Waals surface area contributed by atoms with E-state index in [0.717, 1.165) is 38.4 Å². The third-order valence-corrected chi connectivity index (χ3v) is 2.92. The minimum Gasteiger partial charge on any atom is -0.395 e. The quantitative estimate of drug-likeness (QED) is 0.740. The second-order valence-corrected chi connectivity index (χ2v) is 3.99. The molecule has 5 heteroatoms. The maximum atomic E-state index is 8.86. The molecule has 0 radical (unpaired) electrons. The molecule has 0 aliphatic carbocycles. The predicted molar refractivity (Wildman–Crippen MR) is 64.4 cm³/mol. The van der Waals surface area contributed by atoms with E-state index in [0.29, 0.717) is 5.82 Å². The zero-order chi connectivity index (χ0) is 11.4. The molecule has 2 rings (SSSR count). The Morgan fingerprint density at radius 1 is 1.31 bits per heavy atom. The Kier molecular flexibility index (Phi) is 3.58. The molecule has 2 heterocycles. The number of aromatic nitrogens is 1. The summed E-state index contributed by atoms with van der Waals surface area (Å²) in [5.74, 6) is 0.565. The maximum Gasteiger partial charge on any atom is 0.125 e. The van der Waals surface area contributed by atoms with Crippen LogP contribution in [0.25, 0.3) is 0 Å². The third kappa shape index (κ3) is 2.62. The number of aliphatic hydroxyl groups is 1. The van der Waals surface area contributed by atoms with E-state index >= 15 is 0 Å². The fraction of sp³-hybridized carbons (Fsp3) is 0.545. The molecule has 16 heavy (non-hydrogen) atoms. The Morgan fingerprint density at radius 2 is 2.06 bits per heavy atom. The Bertz CT molecular complexity index is 337. The van der Waals surface area contributed by atoms with E-state index < -0.39 is 0 Å². The summed E-state index contributed by atoms with van der Waals surface area (Å²) in [4.78, 5) is 8.55. The number of nitrogens with zero attached hydrogens (tertiary/aromatic N) is 3. The minimum absolute atomic E-state index is 0.238. The number of hydrogen-bond acceptors (Lipinski definition) is 5. The van der Waals surface area contributed by atoms with Gasteiger partial charge in [-0.05, 0) is 6.07 Å². The molecule has 1 fully saturated rings. The number of piperazine rings is 1. The van der Waals surface area contributed by atoms with E-state index in [-0.39, 0.29) is 6.61 Å². The highest BCUT2D eigenvalue weighted by Gasteiger charge is 2.16. The molecule has 0 spiro atoms. The van der Waals surface area contributed by atoms with Crippen molar-refractivity contribution in [3.8, 4) is 0 Å². The van der Waals surface area contributed by atoms with Gasteiger partial charge in [0.15, 0.2) is 0 Å². The number of rotatable bonds is 3. The second-order valence-electron chi connectivity index (χ2n) is 3.99. The van der Waals surface area contributed by atoms with Crippen LogP contribution in [0.3, 0.4) is 0 Å². The first-order valence-corrected chi connectivity index (χ1v) is 5.59. The lowest BCUT2D eigenvalue weighted by molar-refractivity contribution is 0.189. The lowest BCUT2D eigenvalue weighted by atomic mass is 10.2. The zero-order valence-corrected chi connectivity index (χ0v) is 9.34. The average molecular weight is 222 g/mol. The summed E-state index contributed by atoms with van der Waals surface area (Å²) in [6.07, 6.45) is 1.74. The SMILES string of the molecule is Nc1cc(N2CCN(CCO)CC2)ccn1. The van der Waals surface area contributed by atoms with E-state index in [1.54, 1.807) is 6.20 Å². The second kappa shape index (κ2) is 5.14. The molecule has 0 atom stereocenters. The van der Waals surface area contributed by atoms with Gasteiger partial charge in [0.2, 0.25) is 0 Å². The number of nitrogens with two attached hydrogens (primary N) is 1. The fourth-order valence-electron chi connectivity index (χ4n) is 2.00. The Hall–Kier alpha value is -1.33. The maximum absolute atomic E-state index is 8.86.